The Balaban J connectivity index is 2.17. The topological polar surface area (TPSA) is 38.3 Å². The summed E-state index contributed by atoms with van der Waals surface area (Å²) >= 11 is 0. The molecule has 0 aliphatic rings. The maximum absolute atomic E-state index is 13.5. The lowest BCUT2D eigenvalue weighted by Gasteiger charge is -2.09. The van der Waals surface area contributed by atoms with E-state index in [9.17, 15) is 18.0 Å². The molecule has 110 valence electrons. The highest BCUT2D eigenvalue weighted by atomic mass is 19.2. The first-order valence-corrected chi connectivity index (χ1v) is 6.07. The lowest BCUT2D eigenvalue weighted by atomic mass is 10.1. The number of methoxy groups -OCH3 is 1. The van der Waals surface area contributed by atoms with E-state index in [4.69, 9.17) is 0 Å². The van der Waals surface area contributed by atoms with Crippen LogP contribution in [0, 0.1) is 17.5 Å². The van der Waals surface area contributed by atoms with Crippen LogP contribution in [0.4, 0.5) is 18.9 Å². The van der Waals surface area contributed by atoms with E-state index in [0.29, 0.717) is 5.69 Å². The van der Waals surface area contributed by atoms with Gasteiger partial charge in [-0.3, -0.25) is 0 Å². The number of ether oxygens (including phenoxy) is 1. The second-order valence-corrected chi connectivity index (χ2v) is 4.25. The molecule has 2 aromatic carbocycles. The minimum absolute atomic E-state index is 0.00413. The van der Waals surface area contributed by atoms with E-state index in [1.807, 2.05) is 0 Å². The van der Waals surface area contributed by atoms with Crippen LogP contribution >= 0.6 is 0 Å². The fourth-order valence-corrected chi connectivity index (χ4v) is 1.78. The second kappa shape index (κ2) is 6.30. The van der Waals surface area contributed by atoms with Gasteiger partial charge < -0.3 is 10.1 Å². The highest BCUT2D eigenvalue weighted by Gasteiger charge is 2.13. The van der Waals surface area contributed by atoms with E-state index >= 15 is 0 Å². The summed E-state index contributed by atoms with van der Waals surface area (Å²) in [5, 5.41) is 2.79. The second-order valence-electron chi connectivity index (χ2n) is 4.25. The molecule has 0 fully saturated rings. The van der Waals surface area contributed by atoms with Crippen LogP contribution in [0.25, 0.3) is 0 Å². The van der Waals surface area contributed by atoms with Crippen molar-refractivity contribution in [1.29, 1.82) is 0 Å². The zero-order valence-corrected chi connectivity index (χ0v) is 11.1. The van der Waals surface area contributed by atoms with Crippen LogP contribution in [0.2, 0.25) is 0 Å². The molecule has 1 N–H and O–H groups in total. The van der Waals surface area contributed by atoms with Gasteiger partial charge >= 0.3 is 5.97 Å². The molecule has 0 amide bonds. The number of rotatable bonds is 4. The van der Waals surface area contributed by atoms with Crippen LogP contribution in [0.1, 0.15) is 15.9 Å². The monoisotopic (exact) mass is 295 g/mol. The van der Waals surface area contributed by atoms with E-state index in [1.165, 1.54) is 24.3 Å². The Morgan fingerprint density at radius 2 is 1.90 bits per heavy atom. The van der Waals surface area contributed by atoms with Crippen molar-refractivity contribution in [1.82, 2.24) is 0 Å². The molecule has 0 aliphatic carbocycles. The molecule has 2 aromatic rings. The predicted molar refractivity (Wildman–Crippen MR) is 71.4 cm³/mol. The molecule has 6 heteroatoms. The van der Waals surface area contributed by atoms with Gasteiger partial charge in [-0.15, -0.1) is 0 Å². The third-order valence-corrected chi connectivity index (χ3v) is 2.89. The number of benzene rings is 2. The number of hydrogen-bond acceptors (Lipinski definition) is 3. The van der Waals surface area contributed by atoms with Gasteiger partial charge in [0, 0.05) is 17.8 Å². The lowest BCUT2D eigenvalue weighted by Crippen LogP contribution is -2.07. The number of carbonyl (C=O) groups is 1. The van der Waals surface area contributed by atoms with Crippen molar-refractivity contribution in [2.45, 2.75) is 6.54 Å². The summed E-state index contributed by atoms with van der Waals surface area (Å²) in [5.41, 5.74) is 0.279. The fraction of sp³-hybridized carbons (Fsp3) is 0.133. The third kappa shape index (κ3) is 3.34. The van der Waals surface area contributed by atoms with E-state index in [2.05, 4.69) is 10.1 Å². The summed E-state index contributed by atoms with van der Waals surface area (Å²) < 4.78 is 44.4. The Morgan fingerprint density at radius 3 is 2.62 bits per heavy atom. The van der Waals surface area contributed by atoms with Gasteiger partial charge in [0.15, 0.2) is 11.6 Å². The van der Waals surface area contributed by atoms with E-state index in [1.54, 1.807) is 0 Å². The van der Waals surface area contributed by atoms with Crippen LogP contribution in [-0.4, -0.2) is 13.1 Å². The Morgan fingerprint density at radius 1 is 1.14 bits per heavy atom. The van der Waals surface area contributed by atoms with Crippen molar-refractivity contribution in [3.63, 3.8) is 0 Å². The van der Waals surface area contributed by atoms with Gasteiger partial charge in [0.25, 0.3) is 0 Å². The van der Waals surface area contributed by atoms with Crippen LogP contribution < -0.4 is 5.32 Å². The normalized spacial score (nSPS) is 10.3. The smallest absolute Gasteiger partial charge is 0.340 e. The molecule has 0 unspecified atom stereocenters. The molecule has 0 bridgehead atoms. The summed E-state index contributed by atoms with van der Waals surface area (Å²) in [6.07, 6.45) is 0. The Labute approximate surface area is 119 Å². The van der Waals surface area contributed by atoms with Crippen LogP contribution in [0.5, 0.6) is 0 Å². The minimum Gasteiger partial charge on any atom is -0.465 e. The van der Waals surface area contributed by atoms with Gasteiger partial charge in [-0.2, -0.15) is 0 Å². The van der Waals surface area contributed by atoms with Gasteiger partial charge in [-0.05, 0) is 24.3 Å². The van der Waals surface area contributed by atoms with Crippen LogP contribution in [0.15, 0.2) is 36.4 Å². The van der Waals surface area contributed by atoms with Crippen LogP contribution in [-0.2, 0) is 11.3 Å². The van der Waals surface area contributed by atoms with Gasteiger partial charge in [-0.1, -0.05) is 12.1 Å². The first kappa shape index (κ1) is 14.9. The van der Waals surface area contributed by atoms with Gasteiger partial charge in [0.05, 0.1) is 12.7 Å². The molecular formula is C15H12F3NO2. The highest BCUT2D eigenvalue weighted by molar-refractivity contribution is 5.90. The minimum atomic E-state index is -0.944. The molecule has 0 saturated carbocycles. The largest absolute Gasteiger partial charge is 0.465 e. The molecule has 3 nitrogen and oxygen atoms in total. The van der Waals surface area contributed by atoms with E-state index in [-0.39, 0.29) is 17.7 Å². The van der Waals surface area contributed by atoms with Crippen molar-refractivity contribution in [3.8, 4) is 0 Å². The molecule has 0 aromatic heterocycles. The Bertz CT molecular complexity index is 674. The molecule has 0 atom stereocenters. The summed E-state index contributed by atoms with van der Waals surface area (Å²) in [4.78, 5) is 11.4. The number of halogens is 3. The predicted octanol–water partition coefficient (Wildman–Crippen LogP) is 3.50. The van der Waals surface area contributed by atoms with Crippen molar-refractivity contribution < 1.29 is 22.7 Å². The molecule has 0 heterocycles. The quantitative estimate of drug-likeness (QED) is 0.877. The zero-order valence-electron chi connectivity index (χ0n) is 11.1. The molecule has 0 saturated heterocycles. The number of esters is 1. The first-order valence-electron chi connectivity index (χ1n) is 6.07. The molecule has 0 spiro atoms. The van der Waals surface area contributed by atoms with E-state index < -0.39 is 23.4 Å². The zero-order chi connectivity index (χ0) is 15.4. The third-order valence-electron chi connectivity index (χ3n) is 2.89. The first-order chi connectivity index (χ1) is 10.0. The summed E-state index contributed by atoms with van der Waals surface area (Å²) in [5.74, 6) is -3.42. The van der Waals surface area contributed by atoms with E-state index in [0.717, 1.165) is 19.2 Å². The average molecular weight is 295 g/mol. The number of hydrogen-bond donors (Lipinski definition) is 1. The summed E-state index contributed by atoms with van der Waals surface area (Å²) in [6, 6.07) is 7.57. The molecule has 0 aliphatic heterocycles. The summed E-state index contributed by atoms with van der Waals surface area (Å²) in [6.45, 7) is -0.00413. The maximum atomic E-state index is 13.5. The van der Waals surface area contributed by atoms with Gasteiger partial charge in [-0.25, -0.2) is 18.0 Å². The molecular weight excluding hydrogens is 283 g/mol. The van der Waals surface area contributed by atoms with Crippen molar-refractivity contribution >= 4 is 11.7 Å². The Hall–Kier alpha value is -2.50. The van der Waals surface area contributed by atoms with Crippen LogP contribution in [0.3, 0.4) is 0 Å². The summed E-state index contributed by atoms with van der Waals surface area (Å²) in [7, 11) is 1.14. The average Bonchev–Trinajstić information content (AvgIpc) is 2.49. The fourth-order valence-electron chi connectivity index (χ4n) is 1.78. The highest BCUT2D eigenvalue weighted by Crippen LogP contribution is 2.18. The molecule has 21 heavy (non-hydrogen) atoms. The van der Waals surface area contributed by atoms with Crippen molar-refractivity contribution in [2.24, 2.45) is 0 Å². The SMILES string of the molecule is COC(=O)c1cc(NCc2cccc(F)c2F)ccc1F. The maximum Gasteiger partial charge on any atom is 0.340 e. The number of carbonyl (C=O) groups excluding carboxylic acids is 1. The lowest BCUT2D eigenvalue weighted by molar-refractivity contribution is 0.0595. The molecule has 0 radical (unpaired) electrons. The molecule has 2 rings (SSSR count). The number of anilines is 1. The number of nitrogens with one attached hydrogen (secondary N) is 1. The van der Waals surface area contributed by atoms with Crippen molar-refractivity contribution in [2.75, 3.05) is 12.4 Å². The van der Waals surface area contributed by atoms with Crippen molar-refractivity contribution in [3.05, 3.63) is 65.0 Å². The Kier molecular flexibility index (Phi) is 4.47. The standard InChI is InChI=1S/C15H12F3NO2/c1-21-15(20)11-7-10(5-6-12(11)16)19-8-9-3-2-4-13(17)14(9)18/h2-7,19H,8H2,1H3. The van der Waals surface area contributed by atoms with Gasteiger partial charge in [0.2, 0.25) is 0 Å². The van der Waals surface area contributed by atoms with Gasteiger partial charge in [0.1, 0.15) is 5.82 Å².